The summed E-state index contributed by atoms with van der Waals surface area (Å²) in [4.78, 5) is 0. The van der Waals surface area contributed by atoms with Gasteiger partial charge in [-0.2, -0.15) is 5.10 Å². The number of hydrogen-bond donors (Lipinski definition) is 1. The Morgan fingerprint density at radius 1 is 1.35 bits per heavy atom. The smallest absolute Gasteiger partial charge is 0.149 e. The molecule has 0 bridgehead atoms. The van der Waals surface area contributed by atoms with Crippen molar-refractivity contribution in [3.63, 3.8) is 0 Å². The second-order valence-electron chi connectivity index (χ2n) is 3.99. The highest BCUT2D eigenvalue weighted by Gasteiger charge is 2.06. The number of halogens is 1. The van der Waals surface area contributed by atoms with Crippen LogP contribution in [-0.2, 0) is 6.54 Å². The van der Waals surface area contributed by atoms with Gasteiger partial charge in [0, 0.05) is 12.7 Å². The van der Waals surface area contributed by atoms with Crippen molar-refractivity contribution in [1.82, 2.24) is 15.1 Å². The number of aryl methyl sites for hydroxylation is 1. The monoisotopic (exact) mass is 233 g/mol. The zero-order valence-electron chi connectivity index (χ0n) is 10.1. The number of hydrogen-bond acceptors (Lipinski definition) is 2. The first-order valence-electron chi connectivity index (χ1n) is 5.72. The van der Waals surface area contributed by atoms with Crippen LogP contribution in [0, 0.1) is 12.7 Å². The summed E-state index contributed by atoms with van der Waals surface area (Å²) in [6.45, 7) is 5.51. The largest absolute Gasteiger partial charge is 0.311 e. The van der Waals surface area contributed by atoms with Gasteiger partial charge in [-0.3, -0.25) is 0 Å². The maximum absolute atomic E-state index is 13.7. The van der Waals surface area contributed by atoms with Gasteiger partial charge in [0.05, 0.1) is 5.69 Å². The van der Waals surface area contributed by atoms with Crippen LogP contribution in [0.4, 0.5) is 4.39 Å². The lowest BCUT2D eigenvalue weighted by molar-refractivity contribution is 0.606. The Morgan fingerprint density at radius 3 is 2.88 bits per heavy atom. The molecule has 0 fully saturated rings. The number of nitrogens with one attached hydrogen (secondary N) is 1. The molecule has 17 heavy (non-hydrogen) atoms. The van der Waals surface area contributed by atoms with Gasteiger partial charge in [-0.15, -0.1) is 0 Å². The van der Waals surface area contributed by atoms with Crippen LogP contribution in [0.1, 0.15) is 18.2 Å². The predicted molar refractivity (Wildman–Crippen MR) is 65.6 cm³/mol. The highest BCUT2D eigenvalue weighted by Crippen LogP contribution is 2.14. The van der Waals surface area contributed by atoms with E-state index in [1.165, 1.54) is 6.07 Å². The van der Waals surface area contributed by atoms with Crippen molar-refractivity contribution in [2.24, 2.45) is 0 Å². The summed E-state index contributed by atoms with van der Waals surface area (Å²) >= 11 is 0. The van der Waals surface area contributed by atoms with Crippen molar-refractivity contribution in [3.05, 3.63) is 47.5 Å². The molecular weight excluding hydrogens is 217 g/mol. The van der Waals surface area contributed by atoms with E-state index in [9.17, 15) is 4.39 Å². The van der Waals surface area contributed by atoms with Crippen molar-refractivity contribution in [3.8, 4) is 5.69 Å². The van der Waals surface area contributed by atoms with E-state index in [1.54, 1.807) is 16.9 Å². The SMILES string of the molecule is CCNCc1ccn(-c2ccc(C)cc2F)n1. The zero-order chi connectivity index (χ0) is 12.3. The fourth-order valence-electron chi connectivity index (χ4n) is 1.64. The van der Waals surface area contributed by atoms with Gasteiger partial charge in [0.2, 0.25) is 0 Å². The predicted octanol–water partition coefficient (Wildman–Crippen LogP) is 2.43. The van der Waals surface area contributed by atoms with Gasteiger partial charge >= 0.3 is 0 Å². The molecule has 0 radical (unpaired) electrons. The second-order valence-corrected chi connectivity index (χ2v) is 3.99. The molecule has 0 aliphatic heterocycles. The fourth-order valence-corrected chi connectivity index (χ4v) is 1.64. The van der Waals surface area contributed by atoms with E-state index >= 15 is 0 Å². The summed E-state index contributed by atoms with van der Waals surface area (Å²) in [5.41, 5.74) is 2.30. The molecule has 0 spiro atoms. The zero-order valence-corrected chi connectivity index (χ0v) is 10.1. The van der Waals surface area contributed by atoms with Crippen molar-refractivity contribution >= 4 is 0 Å². The Morgan fingerprint density at radius 2 is 2.18 bits per heavy atom. The van der Waals surface area contributed by atoms with Crippen LogP contribution < -0.4 is 5.32 Å². The van der Waals surface area contributed by atoms with Crippen LogP contribution in [0.5, 0.6) is 0 Å². The Kier molecular flexibility index (Phi) is 3.54. The minimum atomic E-state index is -0.247. The lowest BCUT2D eigenvalue weighted by Gasteiger charge is -2.04. The van der Waals surface area contributed by atoms with E-state index < -0.39 is 0 Å². The van der Waals surface area contributed by atoms with Crippen LogP contribution in [0.3, 0.4) is 0 Å². The van der Waals surface area contributed by atoms with E-state index in [-0.39, 0.29) is 5.82 Å². The minimum Gasteiger partial charge on any atom is -0.311 e. The third-order valence-corrected chi connectivity index (χ3v) is 2.55. The first-order chi connectivity index (χ1) is 8.20. The molecule has 1 aromatic heterocycles. The Labute approximate surface area is 100 Å². The maximum atomic E-state index is 13.7. The standard InChI is InChI=1S/C13H16FN3/c1-3-15-9-11-6-7-17(16-11)13-5-4-10(2)8-12(13)14/h4-8,15H,3,9H2,1-2H3. The van der Waals surface area contributed by atoms with Crippen LogP contribution >= 0.6 is 0 Å². The normalized spacial score (nSPS) is 10.8. The van der Waals surface area contributed by atoms with Crippen molar-refractivity contribution < 1.29 is 4.39 Å². The van der Waals surface area contributed by atoms with E-state index in [4.69, 9.17) is 0 Å². The molecule has 0 aliphatic rings. The molecule has 3 nitrogen and oxygen atoms in total. The average Bonchev–Trinajstić information content (AvgIpc) is 2.75. The molecule has 1 aromatic carbocycles. The number of nitrogens with zero attached hydrogens (tertiary/aromatic N) is 2. The molecule has 1 heterocycles. The molecule has 4 heteroatoms. The fraction of sp³-hybridized carbons (Fsp3) is 0.308. The molecule has 0 amide bonds. The summed E-state index contributed by atoms with van der Waals surface area (Å²) in [5, 5.41) is 7.51. The Hall–Kier alpha value is -1.68. The quantitative estimate of drug-likeness (QED) is 0.879. The first kappa shape index (κ1) is 11.8. The van der Waals surface area contributed by atoms with Gasteiger partial charge in [-0.1, -0.05) is 13.0 Å². The topological polar surface area (TPSA) is 29.9 Å². The third-order valence-electron chi connectivity index (χ3n) is 2.55. The van der Waals surface area contributed by atoms with Gasteiger partial charge in [0.1, 0.15) is 11.5 Å². The maximum Gasteiger partial charge on any atom is 0.149 e. The van der Waals surface area contributed by atoms with Gasteiger partial charge in [-0.25, -0.2) is 9.07 Å². The van der Waals surface area contributed by atoms with Gasteiger partial charge in [0.25, 0.3) is 0 Å². The third kappa shape index (κ3) is 2.71. The summed E-state index contributed by atoms with van der Waals surface area (Å²) in [7, 11) is 0. The minimum absolute atomic E-state index is 0.247. The van der Waals surface area contributed by atoms with E-state index in [0.29, 0.717) is 12.2 Å². The summed E-state index contributed by atoms with van der Waals surface area (Å²) < 4.78 is 15.3. The number of rotatable bonds is 4. The summed E-state index contributed by atoms with van der Waals surface area (Å²) in [5.74, 6) is -0.247. The Balaban J connectivity index is 2.24. The van der Waals surface area contributed by atoms with E-state index in [2.05, 4.69) is 10.4 Å². The molecule has 90 valence electrons. The van der Waals surface area contributed by atoms with E-state index in [0.717, 1.165) is 17.8 Å². The molecule has 0 saturated heterocycles. The van der Waals surface area contributed by atoms with E-state index in [1.807, 2.05) is 26.0 Å². The highest BCUT2D eigenvalue weighted by molar-refractivity contribution is 5.35. The summed E-state index contributed by atoms with van der Waals surface area (Å²) in [6.07, 6.45) is 1.78. The summed E-state index contributed by atoms with van der Waals surface area (Å²) in [6, 6.07) is 7.03. The average molecular weight is 233 g/mol. The van der Waals surface area contributed by atoms with Crippen molar-refractivity contribution in [2.45, 2.75) is 20.4 Å². The van der Waals surface area contributed by atoms with Gasteiger partial charge in [-0.05, 0) is 37.2 Å². The molecule has 0 atom stereocenters. The molecule has 0 saturated carbocycles. The molecule has 2 aromatic rings. The van der Waals surface area contributed by atoms with Crippen LogP contribution in [0.2, 0.25) is 0 Å². The lowest BCUT2D eigenvalue weighted by atomic mass is 10.2. The van der Waals surface area contributed by atoms with Crippen molar-refractivity contribution in [1.29, 1.82) is 0 Å². The number of benzene rings is 1. The molecule has 0 unspecified atom stereocenters. The Bertz CT molecular complexity index is 505. The second kappa shape index (κ2) is 5.10. The molecular formula is C13H16FN3. The van der Waals surface area contributed by atoms with Crippen LogP contribution in [0.15, 0.2) is 30.5 Å². The first-order valence-corrected chi connectivity index (χ1v) is 5.72. The number of aromatic nitrogens is 2. The van der Waals surface area contributed by atoms with Crippen LogP contribution in [-0.4, -0.2) is 16.3 Å². The van der Waals surface area contributed by atoms with Gasteiger partial charge < -0.3 is 5.32 Å². The van der Waals surface area contributed by atoms with Gasteiger partial charge in [0.15, 0.2) is 0 Å². The molecule has 2 rings (SSSR count). The highest BCUT2D eigenvalue weighted by atomic mass is 19.1. The molecule has 1 N–H and O–H groups in total. The van der Waals surface area contributed by atoms with Crippen molar-refractivity contribution in [2.75, 3.05) is 6.54 Å². The lowest BCUT2D eigenvalue weighted by Crippen LogP contribution is -2.12. The van der Waals surface area contributed by atoms with Crippen LogP contribution in [0.25, 0.3) is 5.69 Å². The molecule has 0 aliphatic carbocycles.